The predicted octanol–water partition coefficient (Wildman–Crippen LogP) is 0.0513. The number of nitrogens with zero attached hydrogens (tertiary/aromatic N) is 2. The van der Waals surface area contributed by atoms with E-state index in [2.05, 4.69) is 0 Å². The summed E-state index contributed by atoms with van der Waals surface area (Å²) in [5.41, 5.74) is -2.95. The third-order valence-corrected chi connectivity index (χ3v) is 4.49. The Bertz CT molecular complexity index is 318. The van der Waals surface area contributed by atoms with Gasteiger partial charge in [0.1, 0.15) is 0 Å². The first-order chi connectivity index (χ1) is 9.51. The van der Waals surface area contributed by atoms with E-state index in [1.165, 1.54) is 0 Å². The van der Waals surface area contributed by atoms with Gasteiger partial charge in [-0.25, -0.2) is 0 Å². The fourth-order valence-corrected chi connectivity index (χ4v) is 3.21. The second-order valence-electron chi connectivity index (χ2n) is 5.53. The lowest BCUT2D eigenvalue weighted by atomic mass is 9.73. The van der Waals surface area contributed by atoms with Gasteiger partial charge in [0.2, 0.25) is 0 Å². The van der Waals surface area contributed by atoms with Crippen LogP contribution in [0.4, 0.5) is 0 Å². The van der Waals surface area contributed by atoms with Crippen molar-refractivity contribution < 1.29 is 10.2 Å². The molecule has 0 bridgehead atoms. The molecule has 3 aliphatic rings. The summed E-state index contributed by atoms with van der Waals surface area (Å²) in [7, 11) is 3.68. The van der Waals surface area contributed by atoms with Crippen molar-refractivity contribution in [2.24, 2.45) is 0 Å². The molecule has 0 amide bonds. The Morgan fingerprint density at radius 2 is 1.05 bits per heavy atom. The summed E-state index contributed by atoms with van der Waals surface area (Å²) in [6.07, 6.45) is 14.9. The van der Waals surface area contributed by atoms with E-state index in [4.69, 9.17) is 0 Å². The summed E-state index contributed by atoms with van der Waals surface area (Å²) in [5, 5.41) is 22.8. The Morgan fingerprint density at radius 1 is 0.750 bits per heavy atom. The Balaban J connectivity index is 1.99. The van der Waals surface area contributed by atoms with Crippen LogP contribution in [0.1, 0.15) is 0 Å². The number of piperazine rings is 1. The van der Waals surface area contributed by atoms with E-state index >= 15 is 0 Å². The molecule has 4 nitrogen and oxygen atoms in total. The zero-order valence-corrected chi connectivity index (χ0v) is 11.8. The highest BCUT2D eigenvalue weighted by atomic mass is 16.4. The Morgan fingerprint density at radius 3 is 1.35 bits per heavy atom. The topological polar surface area (TPSA) is 46.9 Å². The fourth-order valence-electron chi connectivity index (χ4n) is 3.21. The van der Waals surface area contributed by atoms with Crippen LogP contribution in [0, 0.1) is 63.2 Å². The van der Waals surface area contributed by atoms with Gasteiger partial charge in [-0.05, 0) is 65.5 Å². The Kier molecular flexibility index (Phi) is 3.87. The summed E-state index contributed by atoms with van der Waals surface area (Å²) in [4.78, 5) is 3.63. The van der Waals surface area contributed by atoms with Crippen molar-refractivity contribution in [3.63, 3.8) is 0 Å². The van der Waals surface area contributed by atoms with E-state index in [1.807, 2.05) is 75.3 Å². The van der Waals surface area contributed by atoms with Gasteiger partial charge in [0.15, 0.2) is 11.4 Å². The molecule has 2 N–H and O–H groups in total. The van der Waals surface area contributed by atoms with Gasteiger partial charge in [-0.3, -0.25) is 9.80 Å². The molecule has 20 heavy (non-hydrogen) atoms. The van der Waals surface area contributed by atoms with E-state index in [0.29, 0.717) is 24.9 Å². The quantitative estimate of drug-likeness (QED) is 0.746. The molecule has 2 atom stereocenters. The van der Waals surface area contributed by atoms with Crippen molar-refractivity contribution in [3.8, 4) is 0 Å². The normalized spacial score (nSPS) is 42.6. The van der Waals surface area contributed by atoms with Crippen molar-refractivity contribution in [2.45, 2.75) is 11.4 Å². The van der Waals surface area contributed by atoms with Crippen LogP contribution in [-0.4, -0.2) is 58.6 Å². The summed E-state index contributed by atoms with van der Waals surface area (Å²) >= 11 is 0. The number of hydrogen-bond donors (Lipinski definition) is 2. The molecule has 2 aliphatic carbocycles. The molecule has 4 heteroatoms. The first-order valence-corrected chi connectivity index (χ1v) is 6.83. The summed E-state index contributed by atoms with van der Waals surface area (Å²) < 4.78 is 0. The van der Waals surface area contributed by atoms with Gasteiger partial charge in [0.25, 0.3) is 0 Å². The molecule has 0 aromatic rings. The van der Waals surface area contributed by atoms with E-state index in [1.54, 1.807) is 0 Å². The Labute approximate surface area is 122 Å². The smallest absolute Gasteiger partial charge is 0.168 e. The summed E-state index contributed by atoms with van der Waals surface area (Å²) in [5.74, 6) is 1.41. The second kappa shape index (κ2) is 5.24. The van der Waals surface area contributed by atoms with E-state index in [9.17, 15) is 10.2 Å². The summed E-state index contributed by atoms with van der Waals surface area (Å²) in [6.45, 7) is 1.36. The molecule has 1 heterocycles. The molecule has 0 aromatic carbocycles. The fraction of sp³-hybridized carbons (Fsp3) is 0.375. The van der Waals surface area contributed by atoms with Gasteiger partial charge in [-0.2, -0.15) is 0 Å². The van der Waals surface area contributed by atoms with Crippen LogP contribution in [-0.2, 0) is 0 Å². The lowest BCUT2D eigenvalue weighted by Gasteiger charge is -2.60. The third kappa shape index (κ3) is 1.88. The van der Waals surface area contributed by atoms with Gasteiger partial charge < -0.3 is 10.2 Å². The lowest BCUT2D eigenvalue weighted by Crippen LogP contribution is -2.78. The Hall–Kier alpha value is -0.160. The molecule has 1 aliphatic heterocycles. The van der Waals surface area contributed by atoms with E-state index in [0.717, 1.165) is 0 Å². The lowest BCUT2D eigenvalue weighted by molar-refractivity contribution is -0.282. The largest absolute Gasteiger partial charge is 0.371 e. The highest BCUT2D eigenvalue weighted by molar-refractivity contribution is 5.50. The summed E-state index contributed by atoms with van der Waals surface area (Å²) in [6, 6.07) is 0. The maximum Gasteiger partial charge on any atom is 0.168 e. The van der Waals surface area contributed by atoms with Crippen LogP contribution in [0.15, 0.2) is 0 Å². The van der Waals surface area contributed by atoms with Gasteiger partial charge in [0.05, 0.1) is 0 Å². The molecule has 106 valence electrons. The van der Waals surface area contributed by atoms with Crippen molar-refractivity contribution in [1.29, 1.82) is 0 Å². The van der Waals surface area contributed by atoms with Crippen LogP contribution < -0.4 is 0 Å². The molecule has 3 rings (SSSR count). The van der Waals surface area contributed by atoms with Gasteiger partial charge in [-0.1, -0.05) is 0 Å². The van der Waals surface area contributed by atoms with Crippen LogP contribution in [0.2, 0.25) is 0 Å². The minimum atomic E-state index is -1.47. The first-order valence-electron chi connectivity index (χ1n) is 6.83. The average Bonchev–Trinajstić information content (AvgIpc) is 3.12. The van der Waals surface area contributed by atoms with Crippen molar-refractivity contribution in [1.82, 2.24) is 9.80 Å². The van der Waals surface area contributed by atoms with Crippen molar-refractivity contribution in [2.75, 3.05) is 27.2 Å². The van der Waals surface area contributed by atoms with Crippen LogP contribution in [0.3, 0.4) is 0 Å². The van der Waals surface area contributed by atoms with Crippen LogP contribution in [0.25, 0.3) is 0 Å². The van der Waals surface area contributed by atoms with Crippen molar-refractivity contribution in [3.05, 3.63) is 63.2 Å². The van der Waals surface area contributed by atoms with Crippen LogP contribution >= 0.6 is 0 Å². The van der Waals surface area contributed by atoms with E-state index in [-0.39, 0.29) is 0 Å². The standard InChI is InChI=1S/C16H20N2O2/c1-17-11-12-18(2)16(20,14-9-5-6-10-14)15(17,19)13-7-3-4-8-13/h3-10,19-20H,11-12H2,1-2H3/t15-,16-/m1/s1. The molecule has 0 aromatic heterocycles. The number of aliphatic hydroxyl groups is 2. The van der Waals surface area contributed by atoms with Gasteiger partial charge in [0, 0.05) is 24.9 Å². The molecular weight excluding hydrogens is 252 g/mol. The van der Waals surface area contributed by atoms with Gasteiger partial charge >= 0.3 is 0 Å². The molecular formula is C16H20N2O2. The van der Waals surface area contributed by atoms with Crippen LogP contribution in [0.5, 0.6) is 0 Å². The highest BCUT2D eigenvalue weighted by Crippen LogP contribution is 2.51. The third-order valence-electron chi connectivity index (χ3n) is 4.49. The molecule has 1 saturated heterocycles. The number of likely N-dealkylation sites (N-methyl/N-ethyl adjacent to an activating group) is 2. The molecule has 0 unspecified atom stereocenters. The monoisotopic (exact) mass is 272 g/mol. The first kappa shape index (κ1) is 14.8. The molecule has 2 saturated carbocycles. The maximum absolute atomic E-state index is 11.4. The molecule has 3 fully saturated rings. The van der Waals surface area contributed by atoms with E-state index < -0.39 is 11.4 Å². The molecule has 0 spiro atoms. The maximum atomic E-state index is 11.4. The minimum Gasteiger partial charge on any atom is -0.371 e. The molecule has 10 radical (unpaired) electrons. The van der Waals surface area contributed by atoms with Gasteiger partial charge in [-0.15, -0.1) is 0 Å². The predicted molar refractivity (Wildman–Crippen MR) is 76.0 cm³/mol. The minimum absolute atomic E-state index is 0.682. The van der Waals surface area contributed by atoms with Crippen molar-refractivity contribution >= 4 is 0 Å². The number of rotatable bonds is 2. The average molecular weight is 272 g/mol. The zero-order valence-electron chi connectivity index (χ0n) is 11.8. The second-order valence-corrected chi connectivity index (χ2v) is 5.53. The SMILES string of the molecule is CN1CCN(C)[C@@](O)([C]2[CH][CH][CH][CH]2)[C@]1(O)[C]1[CH][CH][CH][CH]1. The zero-order chi connectivity index (χ0) is 14.4. The number of hydrogen-bond acceptors (Lipinski definition) is 4. The highest BCUT2D eigenvalue weighted by Gasteiger charge is 2.65.